The van der Waals surface area contributed by atoms with Gasteiger partial charge in [-0.2, -0.15) is 0 Å². The highest BCUT2D eigenvalue weighted by molar-refractivity contribution is 7.91. The number of carbonyl (C=O) groups excluding carboxylic acids is 1. The summed E-state index contributed by atoms with van der Waals surface area (Å²) >= 11 is 0. The number of aryl methyl sites for hydroxylation is 1. The van der Waals surface area contributed by atoms with E-state index in [1.54, 1.807) is 19.1 Å². The molecule has 2 aromatic carbocycles. The number of sulfone groups is 1. The summed E-state index contributed by atoms with van der Waals surface area (Å²) < 4.78 is 24.0. The molecule has 0 aromatic heterocycles. The lowest BCUT2D eigenvalue weighted by molar-refractivity contribution is -0.139. The number of carboxylic acids is 1. The molecule has 0 fully saturated rings. The van der Waals surface area contributed by atoms with E-state index < -0.39 is 27.8 Å². The van der Waals surface area contributed by atoms with Crippen LogP contribution in [0.1, 0.15) is 40.0 Å². The smallest absolute Gasteiger partial charge is 0.330 e. The molecular formula is C19H21NO5S. The quantitative estimate of drug-likeness (QED) is 0.808. The molecule has 0 bridgehead atoms. The number of nitrogens with one attached hydrogen (secondary N) is 1. The number of aliphatic carboxylic acids is 1. The fraction of sp³-hybridized carbons (Fsp3) is 0.263. The van der Waals surface area contributed by atoms with E-state index in [4.69, 9.17) is 0 Å². The van der Waals surface area contributed by atoms with Crippen LogP contribution in [0.2, 0.25) is 0 Å². The van der Waals surface area contributed by atoms with Gasteiger partial charge in [0.1, 0.15) is 0 Å². The van der Waals surface area contributed by atoms with Crippen LogP contribution in [0, 0.1) is 13.8 Å². The summed E-state index contributed by atoms with van der Waals surface area (Å²) in [6, 6.07) is 9.60. The maximum atomic E-state index is 12.5. The Morgan fingerprint density at radius 1 is 1.12 bits per heavy atom. The molecule has 2 aromatic rings. The Morgan fingerprint density at radius 2 is 1.77 bits per heavy atom. The van der Waals surface area contributed by atoms with Crippen molar-refractivity contribution in [3.8, 4) is 0 Å². The Bertz CT molecular complexity index is 950. The molecule has 1 amide bonds. The van der Waals surface area contributed by atoms with Crippen LogP contribution in [0.3, 0.4) is 0 Å². The van der Waals surface area contributed by atoms with Crippen molar-refractivity contribution in [2.75, 3.05) is 5.75 Å². The normalized spacial score (nSPS) is 12.4. The minimum Gasteiger partial charge on any atom is -0.479 e. The Labute approximate surface area is 152 Å². The first kappa shape index (κ1) is 19.7. The van der Waals surface area contributed by atoms with Crippen molar-refractivity contribution < 1.29 is 23.1 Å². The van der Waals surface area contributed by atoms with Crippen LogP contribution < -0.4 is 5.32 Å². The molecule has 138 valence electrons. The fourth-order valence-corrected chi connectivity index (χ4v) is 3.50. The van der Waals surface area contributed by atoms with Crippen LogP contribution in [0.15, 0.2) is 47.4 Å². The Morgan fingerprint density at radius 3 is 2.38 bits per heavy atom. The van der Waals surface area contributed by atoms with Crippen molar-refractivity contribution in [1.82, 2.24) is 5.32 Å². The van der Waals surface area contributed by atoms with E-state index in [0.717, 1.165) is 11.1 Å². The van der Waals surface area contributed by atoms with Crippen LogP contribution in [-0.2, 0) is 14.6 Å². The van der Waals surface area contributed by atoms with Gasteiger partial charge in [0.15, 0.2) is 15.9 Å². The SMILES string of the molecule is CCS(=O)(=O)c1cccc(C(=O)NC(C(=O)O)c2cccc(C)c2C)c1. The number of carbonyl (C=O) groups is 2. The van der Waals surface area contributed by atoms with E-state index in [2.05, 4.69) is 5.32 Å². The molecule has 7 heteroatoms. The summed E-state index contributed by atoms with van der Waals surface area (Å²) in [6.07, 6.45) is 0. The van der Waals surface area contributed by atoms with Crippen LogP contribution in [0.5, 0.6) is 0 Å². The Kier molecular flexibility index (Phi) is 5.82. The van der Waals surface area contributed by atoms with Crippen molar-refractivity contribution in [1.29, 1.82) is 0 Å². The van der Waals surface area contributed by atoms with Gasteiger partial charge in [0.05, 0.1) is 10.6 Å². The van der Waals surface area contributed by atoms with Gasteiger partial charge < -0.3 is 10.4 Å². The number of carboxylic acid groups (broad SMARTS) is 1. The second kappa shape index (κ2) is 7.70. The lowest BCUT2D eigenvalue weighted by Crippen LogP contribution is -2.34. The summed E-state index contributed by atoms with van der Waals surface area (Å²) in [4.78, 5) is 24.3. The molecule has 0 aliphatic heterocycles. The molecule has 6 nitrogen and oxygen atoms in total. The second-order valence-electron chi connectivity index (χ2n) is 5.97. The first-order valence-electron chi connectivity index (χ1n) is 8.10. The second-order valence-corrected chi connectivity index (χ2v) is 8.24. The number of benzene rings is 2. The third-order valence-corrected chi connectivity index (χ3v) is 6.05. The maximum Gasteiger partial charge on any atom is 0.330 e. The summed E-state index contributed by atoms with van der Waals surface area (Å²) in [5, 5.41) is 12.0. The van der Waals surface area contributed by atoms with Gasteiger partial charge in [0.25, 0.3) is 5.91 Å². The zero-order valence-electron chi connectivity index (χ0n) is 14.8. The molecule has 0 aliphatic rings. The number of hydrogen-bond acceptors (Lipinski definition) is 4. The summed E-state index contributed by atoms with van der Waals surface area (Å²) in [7, 11) is -3.46. The first-order valence-corrected chi connectivity index (χ1v) is 9.75. The van der Waals surface area contributed by atoms with E-state index in [1.165, 1.54) is 31.2 Å². The molecule has 1 atom stereocenters. The highest BCUT2D eigenvalue weighted by Crippen LogP contribution is 2.22. The molecule has 0 aliphatic carbocycles. The van der Waals surface area contributed by atoms with Gasteiger partial charge >= 0.3 is 5.97 Å². The molecule has 0 heterocycles. The van der Waals surface area contributed by atoms with Gasteiger partial charge in [0, 0.05) is 5.56 Å². The van der Waals surface area contributed by atoms with Crippen LogP contribution in [0.25, 0.3) is 0 Å². The molecule has 0 spiro atoms. The first-order chi connectivity index (χ1) is 12.2. The molecular weight excluding hydrogens is 354 g/mol. The molecule has 2 N–H and O–H groups in total. The summed E-state index contributed by atoms with van der Waals surface area (Å²) in [5.41, 5.74) is 2.28. The minimum atomic E-state index is -3.46. The topological polar surface area (TPSA) is 101 Å². The lowest BCUT2D eigenvalue weighted by Gasteiger charge is -2.18. The molecule has 1 unspecified atom stereocenters. The van der Waals surface area contributed by atoms with Gasteiger partial charge in [-0.25, -0.2) is 13.2 Å². The number of hydrogen-bond donors (Lipinski definition) is 2. The Balaban J connectivity index is 2.36. The van der Waals surface area contributed by atoms with Crippen molar-refractivity contribution in [2.45, 2.75) is 31.7 Å². The van der Waals surface area contributed by atoms with Crippen LogP contribution >= 0.6 is 0 Å². The molecule has 0 saturated carbocycles. The van der Waals surface area contributed by atoms with E-state index in [-0.39, 0.29) is 16.2 Å². The average Bonchev–Trinajstić information content (AvgIpc) is 2.62. The largest absolute Gasteiger partial charge is 0.479 e. The van der Waals surface area contributed by atoms with Gasteiger partial charge in [-0.05, 0) is 48.7 Å². The summed E-state index contributed by atoms with van der Waals surface area (Å²) in [5.74, 6) is -1.92. The molecule has 26 heavy (non-hydrogen) atoms. The maximum absolute atomic E-state index is 12.5. The third kappa shape index (κ3) is 4.11. The molecule has 0 radical (unpaired) electrons. The zero-order chi connectivity index (χ0) is 19.5. The fourth-order valence-electron chi connectivity index (χ4n) is 2.57. The highest BCUT2D eigenvalue weighted by atomic mass is 32.2. The standard InChI is InChI=1S/C19H21NO5S/c1-4-26(24,25)15-9-6-8-14(11-15)18(21)20-17(19(22)23)16-10-5-7-12(2)13(16)3/h5-11,17H,4H2,1-3H3,(H,20,21)(H,22,23). The number of amides is 1. The van der Waals surface area contributed by atoms with Crippen molar-refractivity contribution in [2.24, 2.45) is 0 Å². The average molecular weight is 375 g/mol. The zero-order valence-corrected chi connectivity index (χ0v) is 15.6. The van der Waals surface area contributed by atoms with Gasteiger partial charge in [-0.15, -0.1) is 0 Å². The predicted molar refractivity (Wildman–Crippen MR) is 97.9 cm³/mol. The predicted octanol–water partition coefficient (Wildman–Crippen LogP) is 2.65. The highest BCUT2D eigenvalue weighted by Gasteiger charge is 2.25. The lowest BCUT2D eigenvalue weighted by atomic mass is 9.97. The van der Waals surface area contributed by atoms with Gasteiger partial charge in [0.2, 0.25) is 0 Å². The molecule has 2 rings (SSSR count). The van der Waals surface area contributed by atoms with Crippen molar-refractivity contribution in [3.05, 3.63) is 64.7 Å². The minimum absolute atomic E-state index is 0.0336. The van der Waals surface area contributed by atoms with Crippen LogP contribution in [0.4, 0.5) is 0 Å². The van der Waals surface area contributed by atoms with Crippen molar-refractivity contribution >= 4 is 21.7 Å². The van der Waals surface area contributed by atoms with E-state index in [0.29, 0.717) is 5.56 Å². The number of rotatable bonds is 6. The third-order valence-electron chi connectivity index (χ3n) is 4.32. The monoisotopic (exact) mass is 375 g/mol. The van der Waals surface area contributed by atoms with E-state index in [9.17, 15) is 23.1 Å². The van der Waals surface area contributed by atoms with Crippen LogP contribution in [-0.4, -0.2) is 31.2 Å². The van der Waals surface area contributed by atoms with E-state index >= 15 is 0 Å². The van der Waals surface area contributed by atoms with Crippen molar-refractivity contribution in [3.63, 3.8) is 0 Å². The Hall–Kier alpha value is -2.67. The molecule has 0 saturated heterocycles. The van der Waals surface area contributed by atoms with E-state index in [1.807, 2.05) is 13.0 Å². The summed E-state index contributed by atoms with van der Waals surface area (Å²) in [6.45, 7) is 5.17. The van der Waals surface area contributed by atoms with Gasteiger partial charge in [-0.3, -0.25) is 4.79 Å². The van der Waals surface area contributed by atoms with Gasteiger partial charge in [-0.1, -0.05) is 31.2 Å².